The summed E-state index contributed by atoms with van der Waals surface area (Å²) in [5.41, 5.74) is 6.19. The smallest absolute Gasteiger partial charge is 0.253 e. The monoisotopic (exact) mass is 326 g/mol. The van der Waals surface area contributed by atoms with Crippen LogP contribution in [0.15, 0.2) is 10.3 Å². The van der Waals surface area contributed by atoms with E-state index < -0.39 is 10.0 Å². The first kappa shape index (κ1) is 15.8. The fraction of sp³-hybridized carbons (Fsp3) is 0.500. The summed E-state index contributed by atoms with van der Waals surface area (Å²) in [6.45, 7) is 5.35. The van der Waals surface area contributed by atoms with E-state index in [9.17, 15) is 8.42 Å². The van der Waals surface area contributed by atoms with E-state index in [1.54, 1.807) is 26.8 Å². The number of thiophene rings is 1. The van der Waals surface area contributed by atoms with Gasteiger partial charge in [-0.05, 0) is 32.4 Å². The van der Waals surface area contributed by atoms with Gasteiger partial charge in [-0.2, -0.15) is 4.31 Å². The maximum Gasteiger partial charge on any atom is 0.253 e. The highest BCUT2D eigenvalue weighted by molar-refractivity contribution is 7.91. The summed E-state index contributed by atoms with van der Waals surface area (Å²) in [5, 5.41) is 0. The van der Waals surface area contributed by atoms with Gasteiger partial charge in [0.1, 0.15) is 4.21 Å². The van der Waals surface area contributed by atoms with Crippen molar-refractivity contribution in [3.8, 4) is 0 Å². The van der Waals surface area contributed by atoms with E-state index >= 15 is 0 Å². The van der Waals surface area contributed by atoms with Gasteiger partial charge >= 0.3 is 0 Å². The first-order valence-electron chi connectivity index (χ1n) is 5.22. The number of sulfonamides is 1. The molecule has 1 aromatic rings. The number of nitrogens with two attached hydrogens (primary N) is 1. The third-order valence-corrected chi connectivity index (χ3v) is 6.44. The van der Waals surface area contributed by atoms with Crippen LogP contribution in [-0.4, -0.2) is 30.3 Å². The van der Waals surface area contributed by atoms with E-state index in [1.165, 1.54) is 4.31 Å². The van der Waals surface area contributed by atoms with Gasteiger partial charge < -0.3 is 5.73 Å². The molecule has 0 unspecified atom stereocenters. The minimum atomic E-state index is -3.60. The van der Waals surface area contributed by atoms with Crippen molar-refractivity contribution < 1.29 is 8.42 Å². The molecule has 1 heterocycles. The molecular formula is C10H15ClN2O2S3. The summed E-state index contributed by atoms with van der Waals surface area (Å²) in [4.78, 5) is 0.145. The van der Waals surface area contributed by atoms with E-state index in [2.05, 4.69) is 0 Å². The van der Waals surface area contributed by atoms with Crippen molar-refractivity contribution in [1.82, 2.24) is 4.31 Å². The summed E-state index contributed by atoms with van der Waals surface area (Å²) in [6.07, 6.45) is 0. The Bertz CT molecular complexity index is 532. The van der Waals surface area contributed by atoms with Crippen molar-refractivity contribution >= 4 is 50.2 Å². The molecule has 8 heteroatoms. The molecule has 0 aliphatic heterocycles. The van der Waals surface area contributed by atoms with E-state index in [4.69, 9.17) is 29.6 Å². The molecule has 18 heavy (non-hydrogen) atoms. The number of hydrogen-bond acceptors (Lipinski definition) is 4. The van der Waals surface area contributed by atoms with Crippen molar-refractivity contribution in [2.45, 2.75) is 31.0 Å². The Balaban J connectivity index is 3.21. The molecule has 0 amide bonds. The van der Waals surface area contributed by atoms with Gasteiger partial charge in [0.25, 0.3) is 10.0 Å². The number of halogens is 1. The molecule has 0 saturated heterocycles. The van der Waals surface area contributed by atoms with Crippen molar-refractivity contribution in [3.05, 3.63) is 16.0 Å². The van der Waals surface area contributed by atoms with Gasteiger partial charge in [-0.1, -0.05) is 23.8 Å². The molecule has 4 nitrogen and oxygen atoms in total. The zero-order chi connectivity index (χ0) is 14.1. The predicted octanol–water partition coefficient (Wildman–Crippen LogP) is 2.40. The summed E-state index contributed by atoms with van der Waals surface area (Å²) < 4.78 is 26.8. The lowest BCUT2D eigenvalue weighted by atomic mass is 10.4. The summed E-state index contributed by atoms with van der Waals surface area (Å²) in [7, 11) is -3.60. The van der Waals surface area contributed by atoms with Crippen LogP contribution < -0.4 is 5.73 Å². The van der Waals surface area contributed by atoms with Crippen LogP contribution in [0.2, 0.25) is 4.34 Å². The molecule has 0 radical (unpaired) electrons. The van der Waals surface area contributed by atoms with Crippen LogP contribution in [-0.2, 0) is 10.0 Å². The number of aryl methyl sites for hydroxylation is 1. The lowest BCUT2D eigenvalue weighted by Crippen LogP contribution is -2.41. The summed E-state index contributed by atoms with van der Waals surface area (Å²) >= 11 is 11.7. The molecule has 1 rings (SSSR count). The minimum absolute atomic E-state index is 0.0316. The lowest BCUT2D eigenvalue weighted by molar-refractivity contribution is 0.392. The first-order chi connectivity index (χ1) is 8.16. The van der Waals surface area contributed by atoms with Crippen LogP contribution >= 0.6 is 35.2 Å². The van der Waals surface area contributed by atoms with Gasteiger partial charge in [-0.15, -0.1) is 11.3 Å². The molecule has 102 valence electrons. The Labute approximate surface area is 122 Å². The zero-order valence-corrected chi connectivity index (χ0v) is 13.5. The molecule has 0 spiro atoms. The van der Waals surface area contributed by atoms with Gasteiger partial charge in [0.05, 0.1) is 15.9 Å². The van der Waals surface area contributed by atoms with Gasteiger partial charge in [0.15, 0.2) is 0 Å². The Hall–Kier alpha value is -0.210. The second kappa shape index (κ2) is 5.83. The fourth-order valence-corrected chi connectivity index (χ4v) is 5.05. The van der Waals surface area contributed by atoms with Crippen LogP contribution in [0.1, 0.15) is 19.4 Å². The maximum absolute atomic E-state index is 12.4. The second-order valence-corrected chi connectivity index (χ2v) is 8.43. The van der Waals surface area contributed by atoms with Gasteiger partial charge in [0.2, 0.25) is 0 Å². The van der Waals surface area contributed by atoms with Crippen molar-refractivity contribution in [1.29, 1.82) is 0 Å². The van der Waals surface area contributed by atoms with Crippen LogP contribution in [0, 0.1) is 6.92 Å². The van der Waals surface area contributed by atoms with Gasteiger partial charge in [-0.25, -0.2) is 8.42 Å². The predicted molar refractivity (Wildman–Crippen MR) is 79.9 cm³/mol. The molecular weight excluding hydrogens is 312 g/mol. The highest BCUT2D eigenvalue weighted by Crippen LogP contribution is 2.32. The van der Waals surface area contributed by atoms with Crippen LogP contribution in [0.3, 0.4) is 0 Å². The SMILES string of the molecule is Cc1cc(S(=O)(=O)N(CC(N)=S)C(C)C)sc1Cl. The summed E-state index contributed by atoms with van der Waals surface area (Å²) in [6, 6.07) is 1.34. The average molecular weight is 327 g/mol. The molecule has 0 aliphatic rings. The lowest BCUT2D eigenvalue weighted by Gasteiger charge is -2.24. The third kappa shape index (κ3) is 3.42. The number of hydrogen-bond donors (Lipinski definition) is 1. The number of thiocarbonyl (C=S) groups is 1. The first-order valence-corrected chi connectivity index (χ1v) is 8.26. The Morgan fingerprint density at radius 2 is 2.17 bits per heavy atom. The van der Waals surface area contributed by atoms with Gasteiger partial charge in [-0.3, -0.25) is 0 Å². The van der Waals surface area contributed by atoms with E-state index in [0.717, 1.165) is 16.9 Å². The third-order valence-electron chi connectivity index (χ3n) is 2.29. The Morgan fingerprint density at radius 1 is 1.61 bits per heavy atom. The van der Waals surface area contributed by atoms with E-state index in [1.807, 2.05) is 0 Å². The molecule has 1 aromatic heterocycles. The number of nitrogens with zero attached hydrogens (tertiary/aromatic N) is 1. The quantitative estimate of drug-likeness (QED) is 0.844. The maximum atomic E-state index is 12.4. The zero-order valence-electron chi connectivity index (χ0n) is 10.3. The topological polar surface area (TPSA) is 63.4 Å². The van der Waals surface area contributed by atoms with Gasteiger partial charge in [0, 0.05) is 6.04 Å². The molecule has 0 atom stereocenters. The highest BCUT2D eigenvalue weighted by Gasteiger charge is 2.29. The molecule has 0 bridgehead atoms. The van der Waals surface area contributed by atoms with Crippen LogP contribution in [0.25, 0.3) is 0 Å². The van der Waals surface area contributed by atoms with Crippen molar-refractivity contribution in [2.24, 2.45) is 5.73 Å². The second-order valence-electron chi connectivity index (χ2n) is 4.13. The normalized spacial score (nSPS) is 12.3. The van der Waals surface area contributed by atoms with Crippen molar-refractivity contribution in [2.75, 3.05) is 6.54 Å². The Kier molecular flexibility index (Phi) is 5.13. The van der Waals surface area contributed by atoms with Crippen LogP contribution in [0.5, 0.6) is 0 Å². The van der Waals surface area contributed by atoms with Crippen LogP contribution in [0.4, 0.5) is 0 Å². The minimum Gasteiger partial charge on any atom is -0.392 e. The molecule has 0 fully saturated rings. The highest BCUT2D eigenvalue weighted by atomic mass is 35.5. The largest absolute Gasteiger partial charge is 0.392 e. The van der Waals surface area contributed by atoms with E-state index in [0.29, 0.717) is 4.34 Å². The standard InChI is InChI=1S/C10H15ClN2O2S3/c1-6(2)13(5-8(12)16)18(14,15)9-4-7(3)10(11)17-9/h4,6H,5H2,1-3H3,(H2,12,16). The Morgan fingerprint density at radius 3 is 2.50 bits per heavy atom. The van der Waals surface area contributed by atoms with Crippen molar-refractivity contribution in [3.63, 3.8) is 0 Å². The fourth-order valence-electron chi connectivity index (χ4n) is 1.37. The molecule has 0 aromatic carbocycles. The molecule has 0 saturated carbocycles. The molecule has 0 aliphatic carbocycles. The van der Waals surface area contributed by atoms with E-state index in [-0.39, 0.29) is 21.8 Å². The summed E-state index contributed by atoms with van der Waals surface area (Å²) in [5.74, 6) is 0. The molecule has 2 N–H and O–H groups in total. The average Bonchev–Trinajstić information content (AvgIpc) is 2.55. The number of rotatable bonds is 5.